The second-order valence-corrected chi connectivity index (χ2v) is 6.35. The van der Waals surface area contributed by atoms with Gasteiger partial charge in [-0.2, -0.15) is 0 Å². The van der Waals surface area contributed by atoms with E-state index in [-0.39, 0.29) is 5.91 Å². The fourth-order valence-electron chi connectivity index (χ4n) is 2.33. The van der Waals surface area contributed by atoms with Gasteiger partial charge in [0.1, 0.15) is 11.3 Å². The van der Waals surface area contributed by atoms with Crippen LogP contribution < -0.4 is 5.32 Å². The van der Waals surface area contributed by atoms with Crippen molar-refractivity contribution < 1.29 is 9.32 Å². The van der Waals surface area contributed by atoms with E-state index in [1.807, 2.05) is 11.4 Å². The lowest BCUT2D eigenvalue weighted by Gasteiger charge is -2.03. The van der Waals surface area contributed by atoms with Crippen molar-refractivity contribution in [3.05, 3.63) is 51.7 Å². The lowest BCUT2D eigenvalue weighted by atomic mass is 10.1. The van der Waals surface area contributed by atoms with Crippen molar-refractivity contribution in [2.75, 3.05) is 5.32 Å². The zero-order chi connectivity index (χ0) is 16.6. The summed E-state index contributed by atoms with van der Waals surface area (Å²) in [5, 5.41) is 9.10. The molecule has 5 nitrogen and oxygen atoms in total. The fraction of sp³-hybridized carbons (Fsp3) is 0.235. The highest BCUT2D eigenvalue weighted by Crippen LogP contribution is 2.27. The molecule has 0 radical (unpaired) electrons. The summed E-state index contributed by atoms with van der Waals surface area (Å²) in [6.07, 6.45) is 0. The summed E-state index contributed by atoms with van der Waals surface area (Å²) in [4.78, 5) is 16.8. The normalized spacial score (nSPS) is 10.8. The van der Waals surface area contributed by atoms with E-state index >= 15 is 0 Å². The van der Waals surface area contributed by atoms with Crippen LogP contribution in [0.3, 0.4) is 0 Å². The first kappa shape index (κ1) is 15.4. The molecule has 1 amide bonds. The first-order valence-electron chi connectivity index (χ1n) is 7.23. The van der Waals surface area contributed by atoms with Gasteiger partial charge in [-0.1, -0.05) is 17.3 Å². The lowest BCUT2D eigenvalue weighted by Crippen LogP contribution is -2.13. The predicted octanol–water partition coefficient (Wildman–Crippen LogP) is 4.28. The first-order valence-corrected chi connectivity index (χ1v) is 8.11. The van der Waals surface area contributed by atoms with Crippen LogP contribution in [-0.2, 0) is 0 Å². The van der Waals surface area contributed by atoms with Gasteiger partial charge in [0.05, 0.1) is 11.4 Å². The first-order chi connectivity index (χ1) is 11.0. The van der Waals surface area contributed by atoms with Crippen LogP contribution in [0, 0.1) is 27.7 Å². The van der Waals surface area contributed by atoms with Crippen molar-refractivity contribution in [3.8, 4) is 11.3 Å². The van der Waals surface area contributed by atoms with E-state index in [0.29, 0.717) is 22.1 Å². The summed E-state index contributed by atoms with van der Waals surface area (Å²) >= 11 is 1.40. The Hall–Kier alpha value is -2.47. The van der Waals surface area contributed by atoms with E-state index in [1.165, 1.54) is 22.5 Å². The molecule has 0 spiro atoms. The standard InChI is InChI=1S/C17H17N3O2S/c1-9-5-6-13(7-10(9)2)14-8-23-17(18-14)19-16(21)15-11(3)20-22-12(15)4/h5-8H,1-4H3,(H,18,19,21). The average Bonchev–Trinajstić information content (AvgIpc) is 3.09. The van der Waals surface area contributed by atoms with E-state index in [9.17, 15) is 4.79 Å². The van der Waals surface area contributed by atoms with Gasteiger partial charge < -0.3 is 4.52 Å². The van der Waals surface area contributed by atoms with Crippen LogP contribution in [0.2, 0.25) is 0 Å². The number of aryl methyl sites for hydroxylation is 4. The molecule has 0 fully saturated rings. The number of nitrogens with one attached hydrogen (secondary N) is 1. The molecule has 6 heteroatoms. The highest BCUT2D eigenvalue weighted by Gasteiger charge is 2.18. The maximum atomic E-state index is 12.3. The summed E-state index contributed by atoms with van der Waals surface area (Å²) < 4.78 is 5.03. The molecular weight excluding hydrogens is 310 g/mol. The predicted molar refractivity (Wildman–Crippen MR) is 91.0 cm³/mol. The Bertz CT molecular complexity index is 860. The smallest absolute Gasteiger partial charge is 0.262 e. The highest BCUT2D eigenvalue weighted by molar-refractivity contribution is 7.14. The molecule has 0 saturated carbocycles. The molecule has 0 aliphatic rings. The van der Waals surface area contributed by atoms with Crippen molar-refractivity contribution >= 4 is 22.4 Å². The Kier molecular flexibility index (Phi) is 4.00. The van der Waals surface area contributed by atoms with Crippen LogP contribution in [0.5, 0.6) is 0 Å². The zero-order valence-electron chi connectivity index (χ0n) is 13.4. The third-order valence-electron chi connectivity index (χ3n) is 3.79. The van der Waals surface area contributed by atoms with Crippen LogP contribution in [0.25, 0.3) is 11.3 Å². The molecule has 3 rings (SSSR count). The van der Waals surface area contributed by atoms with Gasteiger partial charge >= 0.3 is 0 Å². The molecular formula is C17H17N3O2S. The number of hydrogen-bond acceptors (Lipinski definition) is 5. The van der Waals surface area contributed by atoms with Crippen molar-refractivity contribution in [1.29, 1.82) is 0 Å². The molecule has 3 aromatic rings. The molecule has 0 atom stereocenters. The molecule has 1 aromatic carbocycles. The van der Waals surface area contributed by atoms with E-state index in [0.717, 1.165) is 11.3 Å². The van der Waals surface area contributed by atoms with Crippen molar-refractivity contribution in [2.24, 2.45) is 0 Å². The van der Waals surface area contributed by atoms with Gasteiger partial charge in [-0.3, -0.25) is 10.1 Å². The number of rotatable bonds is 3. The summed E-state index contributed by atoms with van der Waals surface area (Å²) in [7, 11) is 0. The topological polar surface area (TPSA) is 68.0 Å². The Morgan fingerprint density at radius 2 is 1.96 bits per heavy atom. The summed E-state index contributed by atoms with van der Waals surface area (Å²) in [5.74, 6) is 0.258. The Morgan fingerprint density at radius 1 is 1.17 bits per heavy atom. The zero-order valence-corrected chi connectivity index (χ0v) is 14.2. The van der Waals surface area contributed by atoms with E-state index in [4.69, 9.17) is 4.52 Å². The van der Waals surface area contributed by atoms with E-state index in [2.05, 4.69) is 41.4 Å². The number of aromatic nitrogens is 2. The van der Waals surface area contributed by atoms with Crippen LogP contribution in [0.15, 0.2) is 28.1 Å². The summed E-state index contributed by atoms with van der Waals surface area (Å²) in [6.45, 7) is 7.62. The van der Waals surface area contributed by atoms with Crippen LogP contribution in [0.4, 0.5) is 5.13 Å². The molecule has 118 valence electrons. The van der Waals surface area contributed by atoms with Crippen molar-refractivity contribution in [3.63, 3.8) is 0 Å². The minimum Gasteiger partial charge on any atom is -0.361 e. The number of amides is 1. The van der Waals surface area contributed by atoms with E-state index in [1.54, 1.807) is 13.8 Å². The maximum Gasteiger partial charge on any atom is 0.262 e. The van der Waals surface area contributed by atoms with Crippen LogP contribution in [0.1, 0.15) is 32.9 Å². The quantitative estimate of drug-likeness (QED) is 0.779. The minimum absolute atomic E-state index is 0.248. The molecule has 0 aliphatic heterocycles. The number of carbonyl (C=O) groups excluding carboxylic acids is 1. The van der Waals surface area contributed by atoms with Gasteiger partial charge in [0.25, 0.3) is 5.91 Å². The molecule has 23 heavy (non-hydrogen) atoms. The maximum absolute atomic E-state index is 12.3. The lowest BCUT2D eigenvalue weighted by molar-refractivity contribution is 0.102. The van der Waals surface area contributed by atoms with Crippen LogP contribution in [-0.4, -0.2) is 16.0 Å². The van der Waals surface area contributed by atoms with Gasteiger partial charge in [-0.25, -0.2) is 4.98 Å². The number of nitrogens with zero attached hydrogens (tertiary/aromatic N) is 2. The number of benzene rings is 1. The number of thiazole rings is 1. The van der Waals surface area contributed by atoms with Crippen molar-refractivity contribution in [2.45, 2.75) is 27.7 Å². The van der Waals surface area contributed by atoms with Gasteiger partial charge in [-0.15, -0.1) is 11.3 Å². The second-order valence-electron chi connectivity index (χ2n) is 5.49. The Labute approximate surface area is 138 Å². The summed E-state index contributed by atoms with van der Waals surface area (Å²) in [6, 6.07) is 6.22. The third kappa shape index (κ3) is 3.03. The van der Waals surface area contributed by atoms with Gasteiger partial charge in [-0.05, 0) is 44.9 Å². The number of carbonyl (C=O) groups is 1. The average molecular weight is 327 g/mol. The molecule has 2 aromatic heterocycles. The number of anilines is 1. The Balaban J connectivity index is 1.82. The molecule has 0 saturated heterocycles. The van der Waals surface area contributed by atoms with Crippen LogP contribution >= 0.6 is 11.3 Å². The minimum atomic E-state index is -0.248. The molecule has 2 heterocycles. The van der Waals surface area contributed by atoms with Crippen molar-refractivity contribution in [1.82, 2.24) is 10.1 Å². The SMILES string of the molecule is Cc1ccc(-c2csc(NC(=O)c3c(C)noc3C)n2)cc1C. The van der Waals surface area contributed by atoms with E-state index < -0.39 is 0 Å². The second kappa shape index (κ2) is 5.96. The molecule has 0 unspecified atom stereocenters. The van der Waals surface area contributed by atoms with Gasteiger partial charge in [0, 0.05) is 10.9 Å². The molecule has 0 aliphatic carbocycles. The third-order valence-corrected chi connectivity index (χ3v) is 4.55. The fourth-order valence-corrected chi connectivity index (χ4v) is 3.05. The molecule has 1 N–H and O–H groups in total. The molecule has 0 bridgehead atoms. The highest BCUT2D eigenvalue weighted by atomic mass is 32.1. The number of hydrogen-bond donors (Lipinski definition) is 1. The largest absolute Gasteiger partial charge is 0.361 e. The van der Waals surface area contributed by atoms with Gasteiger partial charge in [0.2, 0.25) is 0 Å². The Morgan fingerprint density at radius 3 is 2.61 bits per heavy atom. The van der Waals surface area contributed by atoms with Gasteiger partial charge in [0.15, 0.2) is 5.13 Å². The summed E-state index contributed by atoms with van der Waals surface area (Å²) in [5.41, 5.74) is 5.40. The monoisotopic (exact) mass is 327 g/mol.